The lowest BCUT2D eigenvalue weighted by molar-refractivity contribution is 0.102. The van der Waals surface area contributed by atoms with Crippen LogP contribution >= 0.6 is 11.6 Å². The highest BCUT2D eigenvalue weighted by molar-refractivity contribution is 6.33. The number of aromatic amines is 1. The number of rotatable bonds is 2. The Balaban J connectivity index is 2.30. The Morgan fingerprint density at radius 2 is 1.94 bits per heavy atom. The number of carbonyl (C=O) groups is 1. The molecule has 0 saturated carbocycles. The third-order valence-electron chi connectivity index (χ3n) is 2.21. The van der Waals surface area contributed by atoms with Gasteiger partial charge < -0.3 is 10.3 Å². The van der Waals surface area contributed by atoms with E-state index in [2.05, 4.69) is 10.3 Å². The molecule has 0 aliphatic rings. The lowest BCUT2D eigenvalue weighted by Gasteiger charge is -2.07. The lowest BCUT2D eigenvalue weighted by Crippen LogP contribution is -2.18. The van der Waals surface area contributed by atoms with Gasteiger partial charge in [-0.15, -0.1) is 0 Å². The molecule has 1 aromatic heterocycles. The number of amides is 1. The number of anilines is 1. The van der Waals surface area contributed by atoms with Gasteiger partial charge in [0.2, 0.25) is 5.56 Å². The van der Waals surface area contributed by atoms with Gasteiger partial charge in [0.25, 0.3) is 5.91 Å². The summed E-state index contributed by atoms with van der Waals surface area (Å²) in [5.74, 6) is -1.28. The van der Waals surface area contributed by atoms with Gasteiger partial charge >= 0.3 is 0 Å². The minimum atomic E-state index is -0.644. The summed E-state index contributed by atoms with van der Waals surface area (Å²) < 4.78 is 13.4. The van der Waals surface area contributed by atoms with Gasteiger partial charge in [0, 0.05) is 6.07 Å². The SMILES string of the molecule is O=C(Nc1c(F)cccc1Cl)c1cccc(=O)[nH]1. The van der Waals surface area contributed by atoms with Crippen LogP contribution in [0.1, 0.15) is 10.5 Å². The first-order chi connectivity index (χ1) is 8.58. The van der Waals surface area contributed by atoms with Gasteiger partial charge in [-0.25, -0.2) is 4.39 Å². The van der Waals surface area contributed by atoms with Gasteiger partial charge in [0.1, 0.15) is 11.5 Å². The molecular weight excluding hydrogens is 259 g/mol. The topological polar surface area (TPSA) is 62.0 Å². The van der Waals surface area contributed by atoms with Crippen LogP contribution in [0.2, 0.25) is 5.02 Å². The van der Waals surface area contributed by atoms with E-state index in [9.17, 15) is 14.0 Å². The summed E-state index contributed by atoms with van der Waals surface area (Å²) in [6.45, 7) is 0. The van der Waals surface area contributed by atoms with E-state index in [4.69, 9.17) is 11.6 Å². The van der Waals surface area contributed by atoms with Crippen LogP contribution in [0.4, 0.5) is 10.1 Å². The molecule has 1 heterocycles. The van der Waals surface area contributed by atoms with Gasteiger partial charge in [-0.05, 0) is 18.2 Å². The molecule has 0 bridgehead atoms. The smallest absolute Gasteiger partial charge is 0.272 e. The Kier molecular flexibility index (Phi) is 3.43. The first-order valence-corrected chi connectivity index (χ1v) is 5.40. The van der Waals surface area contributed by atoms with Crippen LogP contribution in [0.3, 0.4) is 0 Å². The number of pyridine rings is 1. The fourth-order valence-corrected chi connectivity index (χ4v) is 1.59. The van der Waals surface area contributed by atoms with Crippen LogP contribution in [0.5, 0.6) is 0 Å². The van der Waals surface area contributed by atoms with Gasteiger partial charge in [0.15, 0.2) is 0 Å². The number of nitrogens with one attached hydrogen (secondary N) is 2. The minimum Gasteiger partial charge on any atom is -0.318 e. The van der Waals surface area contributed by atoms with Crippen LogP contribution in [0.15, 0.2) is 41.2 Å². The van der Waals surface area contributed by atoms with E-state index in [0.717, 1.165) is 0 Å². The zero-order valence-electron chi connectivity index (χ0n) is 9.04. The summed E-state index contributed by atoms with van der Waals surface area (Å²) in [5, 5.41) is 2.39. The van der Waals surface area contributed by atoms with E-state index >= 15 is 0 Å². The standard InChI is InChI=1S/C12H8ClFN2O2/c13-7-3-1-4-8(14)11(7)16-12(18)9-5-2-6-10(17)15-9/h1-6H,(H,15,17)(H,16,18). The van der Waals surface area contributed by atoms with Crippen molar-refractivity contribution in [2.75, 3.05) is 5.32 Å². The fourth-order valence-electron chi connectivity index (χ4n) is 1.38. The summed E-state index contributed by atoms with van der Waals surface area (Å²) in [6, 6.07) is 8.16. The molecule has 92 valence electrons. The maximum Gasteiger partial charge on any atom is 0.272 e. The van der Waals surface area contributed by atoms with Crippen LogP contribution in [-0.4, -0.2) is 10.9 Å². The molecule has 0 atom stereocenters. The second-order valence-electron chi connectivity index (χ2n) is 3.48. The summed E-state index contributed by atoms with van der Waals surface area (Å²) in [7, 11) is 0. The Morgan fingerprint density at radius 3 is 2.61 bits per heavy atom. The highest BCUT2D eigenvalue weighted by atomic mass is 35.5. The molecule has 4 nitrogen and oxygen atoms in total. The lowest BCUT2D eigenvalue weighted by atomic mass is 10.2. The van der Waals surface area contributed by atoms with Crippen molar-refractivity contribution in [3.63, 3.8) is 0 Å². The number of benzene rings is 1. The molecule has 0 fully saturated rings. The molecular formula is C12H8ClFN2O2. The number of halogens is 2. The van der Waals surface area contributed by atoms with Gasteiger partial charge in [-0.1, -0.05) is 23.7 Å². The summed E-state index contributed by atoms with van der Waals surface area (Å²) in [6.07, 6.45) is 0. The summed E-state index contributed by atoms with van der Waals surface area (Å²) in [4.78, 5) is 25.1. The zero-order chi connectivity index (χ0) is 13.1. The molecule has 2 N–H and O–H groups in total. The molecule has 6 heteroatoms. The maximum atomic E-state index is 13.4. The molecule has 0 aliphatic carbocycles. The number of para-hydroxylation sites is 1. The van der Waals surface area contributed by atoms with E-state index in [1.54, 1.807) is 0 Å². The van der Waals surface area contributed by atoms with Crippen molar-refractivity contribution in [3.05, 3.63) is 63.3 Å². The number of hydrogen-bond donors (Lipinski definition) is 2. The Hall–Kier alpha value is -2.14. The Labute approximate surface area is 106 Å². The Morgan fingerprint density at radius 1 is 1.22 bits per heavy atom. The number of H-pyrrole nitrogens is 1. The van der Waals surface area contributed by atoms with Crippen molar-refractivity contribution >= 4 is 23.2 Å². The predicted octanol–water partition coefficient (Wildman–Crippen LogP) is 2.42. The second-order valence-corrected chi connectivity index (χ2v) is 3.89. The average Bonchev–Trinajstić information content (AvgIpc) is 2.34. The summed E-state index contributed by atoms with van der Waals surface area (Å²) in [5.41, 5.74) is -0.502. The molecule has 0 aliphatic heterocycles. The molecule has 0 unspecified atom stereocenters. The molecule has 0 saturated heterocycles. The number of hydrogen-bond acceptors (Lipinski definition) is 2. The first-order valence-electron chi connectivity index (χ1n) is 5.02. The third-order valence-corrected chi connectivity index (χ3v) is 2.53. The van der Waals surface area contributed by atoms with Gasteiger partial charge in [-0.3, -0.25) is 9.59 Å². The minimum absolute atomic E-state index is 0.0295. The van der Waals surface area contributed by atoms with Crippen molar-refractivity contribution in [2.24, 2.45) is 0 Å². The first kappa shape index (κ1) is 12.3. The van der Waals surface area contributed by atoms with Crippen molar-refractivity contribution in [1.29, 1.82) is 0 Å². The third kappa shape index (κ3) is 2.57. The largest absolute Gasteiger partial charge is 0.318 e. The van der Waals surface area contributed by atoms with Crippen LogP contribution in [-0.2, 0) is 0 Å². The van der Waals surface area contributed by atoms with Crippen molar-refractivity contribution in [3.8, 4) is 0 Å². The molecule has 1 amide bonds. The Bertz CT molecular complexity index is 634. The van der Waals surface area contributed by atoms with Crippen molar-refractivity contribution in [1.82, 2.24) is 4.98 Å². The van der Waals surface area contributed by atoms with E-state index < -0.39 is 17.3 Å². The van der Waals surface area contributed by atoms with E-state index in [1.807, 2.05) is 0 Å². The molecule has 2 rings (SSSR count). The number of carbonyl (C=O) groups excluding carboxylic acids is 1. The normalized spacial score (nSPS) is 10.1. The molecule has 2 aromatic rings. The van der Waals surface area contributed by atoms with E-state index in [1.165, 1.54) is 36.4 Å². The predicted molar refractivity (Wildman–Crippen MR) is 66.4 cm³/mol. The van der Waals surface area contributed by atoms with E-state index in [-0.39, 0.29) is 16.4 Å². The van der Waals surface area contributed by atoms with Gasteiger partial charge in [0.05, 0.1) is 10.7 Å². The maximum absolute atomic E-state index is 13.4. The summed E-state index contributed by atoms with van der Waals surface area (Å²) >= 11 is 5.77. The molecule has 18 heavy (non-hydrogen) atoms. The van der Waals surface area contributed by atoms with Crippen LogP contribution < -0.4 is 10.9 Å². The second kappa shape index (κ2) is 5.01. The van der Waals surface area contributed by atoms with Crippen LogP contribution in [0.25, 0.3) is 0 Å². The molecule has 0 radical (unpaired) electrons. The van der Waals surface area contributed by atoms with Crippen molar-refractivity contribution in [2.45, 2.75) is 0 Å². The van der Waals surface area contributed by atoms with E-state index in [0.29, 0.717) is 0 Å². The van der Waals surface area contributed by atoms with Crippen molar-refractivity contribution < 1.29 is 9.18 Å². The highest BCUT2D eigenvalue weighted by Gasteiger charge is 2.12. The number of aromatic nitrogens is 1. The highest BCUT2D eigenvalue weighted by Crippen LogP contribution is 2.24. The average molecular weight is 267 g/mol. The quantitative estimate of drug-likeness (QED) is 0.877. The molecule has 1 aromatic carbocycles. The monoisotopic (exact) mass is 266 g/mol. The molecule has 0 spiro atoms. The zero-order valence-corrected chi connectivity index (χ0v) is 9.79. The van der Waals surface area contributed by atoms with Crippen LogP contribution in [0, 0.1) is 5.82 Å². The fraction of sp³-hybridized carbons (Fsp3) is 0. The van der Waals surface area contributed by atoms with Gasteiger partial charge in [-0.2, -0.15) is 0 Å².